The Morgan fingerprint density at radius 3 is 2.42 bits per heavy atom. The summed E-state index contributed by atoms with van der Waals surface area (Å²) in [6, 6.07) is 9.30. The molecular formula is C15H20N2O2. The molecule has 1 N–H and O–H groups in total. The van der Waals surface area contributed by atoms with Crippen molar-refractivity contribution in [3.63, 3.8) is 0 Å². The smallest absolute Gasteiger partial charge is 0.253 e. The number of nitrogens with one attached hydrogen (secondary N) is 1. The molecule has 102 valence electrons. The van der Waals surface area contributed by atoms with Crippen LogP contribution in [0.1, 0.15) is 30.1 Å². The summed E-state index contributed by atoms with van der Waals surface area (Å²) >= 11 is 0. The molecular weight excluding hydrogens is 240 g/mol. The molecule has 1 saturated heterocycles. The number of piperidine rings is 1. The second-order valence-corrected chi connectivity index (χ2v) is 4.83. The molecule has 0 aliphatic carbocycles. The minimum atomic E-state index is 0.0553. The quantitative estimate of drug-likeness (QED) is 0.899. The number of rotatable bonds is 3. The van der Waals surface area contributed by atoms with Gasteiger partial charge >= 0.3 is 0 Å². The van der Waals surface area contributed by atoms with Crippen molar-refractivity contribution < 1.29 is 9.59 Å². The van der Waals surface area contributed by atoms with Gasteiger partial charge in [-0.2, -0.15) is 0 Å². The Labute approximate surface area is 113 Å². The van der Waals surface area contributed by atoms with Crippen LogP contribution in [0.3, 0.4) is 0 Å². The van der Waals surface area contributed by atoms with E-state index < -0.39 is 0 Å². The first-order valence-corrected chi connectivity index (χ1v) is 6.84. The summed E-state index contributed by atoms with van der Waals surface area (Å²) in [7, 11) is 0. The van der Waals surface area contributed by atoms with Crippen LogP contribution in [0.4, 0.5) is 0 Å². The third kappa shape index (κ3) is 3.34. The summed E-state index contributed by atoms with van der Waals surface area (Å²) < 4.78 is 0. The first kappa shape index (κ1) is 13.6. The second kappa shape index (κ2) is 6.36. The van der Waals surface area contributed by atoms with E-state index in [0.717, 1.165) is 18.4 Å². The number of hydrogen-bond donors (Lipinski definition) is 1. The maximum Gasteiger partial charge on any atom is 0.253 e. The van der Waals surface area contributed by atoms with Crippen molar-refractivity contribution in [1.29, 1.82) is 0 Å². The molecule has 0 saturated carbocycles. The number of hydrogen-bond acceptors (Lipinski definition) is 2. The first-order valence-electron chi connectivity index (χ1n) is 6.84. The van der Waals surface area contributed by atoms with Gasteiger partial charge in [0.05, 0.1) is 0 Å². The molecule has 0 aromatic heterocycles. The molecule has 1 heterocycles. The Hall–Kier alpha value is -1.84. The standard InChI is InChI=1S/C15H20N2O2/c1-2-16-14(18)12-8-10-17(11-9-12)15(19)13-6-4-3-5-7-13/h3-7,12H,2,8-11H2,1H3,(H,16,18). The van der Waals surface area contributed by atoms with Gasteiger partial charge < -0.3 is 10.2 Å². The van der Waals surface area contributed by atoms with Gasteiger partial charge in [-0.25, -0.2) is 0 Å². The van der Waals surface area contributed by atoms with E-state index in [1.165, 1.54) is 0 Å². The zero-order valence-corrected chi connectivity index (χ0v) is 11.3. The van der Waals surface area contributed by atoms with E-state index in [1.54, 1.807) is 0 Å². The van der Waals surface area contributed by atoms with Gasteiger partial charge in [-0.1, -0.05) is 18.2 Å². The van der Waals surface area contributed by atoms with Gasteiger partial charge in [0.1, 0.15) is 0 Å². The lowest BCUT2D eigenvalue weighted by Crippen LogP contribution is -2.43. The SMILES string of the molecule is CCNC(=O)C1CCN(C(=O)c2ccccc2)CC1. The van der Waals surface area contributed by atoms with Gasteiger partial charge in [0.2, 0.25) is 5.91 Å². The maximum atomic E-state index is 12.2. The highest BCUT2D eigenvalue weighted by Crippen LogP contribution is 2.19. The molecule has 2 amide bonds. The van der Waals surface area contributed by atoms with Crippen LogP contribution >= 0.6 is 0 Å². The number of carbonyl (C=O) groups excluding carboxylic acids is 2. The van der Waals surface area contributed by atoms with Gasteiger partial charge in [-0.15, -0.1) is 0 Å². The monoisotopic (exact) mass is 260 g/mol. The summed E-state index contributed by atoms with van der Waals surface area (Å²) in [6.07, 6.45) is 1.51. The molecule has 4 heteroatoms. The highest BCUT2D eigenvalue weighted by Gasteiger charge is 2.27. The normalized spacial score (nSPS) is 16.2. The van der Waals surface area contributed by atoms with Crippen molar-refractivity contribution >= 4 is 11.8 Å². The average molecular weight is 260 g/mol. The van der Waals surface area contributed by atoms with Crippen molar-refractivity contribution in [2.45, 2.75) is 19.8 Å². The zero-order chi connectivity index (χ0) is 13.7. The third-order valence-corrected chi connectivity index (χ3v) is 3.52. The molecule has 2 rings (SSSR count). The fourth-order valence-electron chi connectivity index (χ4n) is 2.43. The number of amides is 2. The Kier molecular flexibility index (Phi) is 4.55. The van der Waals surface area contributed by atoms with Crippen LogP contribution in [-0.2, 0) is 4.79 Å². The average Bonchev–Trinajstić information content (AvgIpc) is 2.48. The van der Waals surface area contributed by atoms with E-state index in [-0.39, 0.29) is 17.7 Å². The van der Waals surface area contributed by atoms with Crippen molar-refractivity contribution in [1.82, 2.24) is 10.2 Å². The van der Waals surface area contributed by atoms with Gasteiger partial charge in [-0.05, 0) is 31.9 Å². The van der Waals surface area contributed by atoms with Crippen molar-refractivity contribution in [2.75, 3.05) is 19.6 Å². The number of likely N-dealkylation sites (tertiary alicyclic amines) is 1. The molecule has 19 heavy (non-hydrogen) atoms. The summed E-state index contributed by atoms with van der Waals surface area (Å²) in [5, 5.41) is 2.85. The van der Waals surface area contributed by atoms with Crippen LogP contribution in [-0.4, -0.2) is 36.3 Å². The van der Waals surface area contributed by atoms with E-state index in [1.807, 2.05) is 42.2 Å². The number of benzene rings is 1. The topological polar surface area (TPSA) is 49.4 Å². The van der Waals surface area contributed by atoms with Gasteiger partial charge in [-0.3, -0.25) is 9.59 Å². The third-order valence-electron chi connectivity index (χ3n) is 3.52. The molecule has 0 spiro atoms. The molecule has 1 aromatic carbocycles. The lowest BCUT2D eigenvalue weighted by molar-refractivity contribution is -0.126. The predicted octanol–water partition coefficient (Wildman–Crippen LogP) is 1.67. The molecule has 1 aliphatic heterocycles. The van der Waals surface area contributed by atoms with E-state index in [0.29, 0.717) is 19.6 Å². The van der Waals surface area contributed by atoms with Crippen LogP contribution in [0.15, 0.2) is 30.3 Å². The highest BCUT2D eigenvalue weighted by molar-refractivity contribution is 5.94. The summed E-state index contributed by atoms with van der Waals surface area (Å²) in [6.45, 7) is 3.92. The van der Waals surface area contributed by atoms with Crippen LogP contribution < -0.4 is 5.32 Å². The van der Waals surface area contributed by atoms with E-state index in [4.69, 9.17) is 0 Å². The fourth-order valence-corrected chi connectivity index (χ4v) is 2.43. The largest absolute Gasteiger partial charge is 0.356 e. The number of carbonyl (C=O) groups is 2. The summed E-state index contributed by atoms with van der Waals surface area (Å²) in [5.41, 5.74) is 0.721. The Morgan fingerprint density at radius 2 is 1.84 bits per heavy atom. The minimum absolute atomic E-state index is 0.0553. The van der Waals surface area contributed by atoms with Crippen LogP contribution in [0, 0.1) is 5.92 Å². The Bertz CT molecular complexity index is 437. The van der Waals surface area contributed by atoms with Crippen molar-refractivity contribution in [3.8, 4) is 0 Å². The van der Waals surface area contributed by atoms with Gasteiger partial charge in [0.15, 0.2) is 0 Å². The number of nitrogens with zero attached hydrogens (tertiary/aromatic N) is 1. The van der Waals surface area contributed by atoms with Gasteiger partial charge in [0, 0.05) is 31.1 Å². The maximum absolute atomic E-state index is 12.2. The highest BCUT2D eigenvalue weighted by atomic mass is 16.2. The Balaban J connectivity index is 1.90. The minimum Gasteiger partial charge on any atom is -0.356 e. The molecule has 4 nitrogen and oxygen atoms in total. The lowest BCUT2D eigenvalue weighted by Gasteiger charge is -2.31. The van der Waals surface area contributed by atoms with E-state index in [2.05, 4.69) is 5.32 Å². The summed E-state index contributed by atoms with van der Waals surface area (Å²) in [4.78, 5) is 25.8. The molecule has 0 radical (unpaired) electrons. The molecule has 0 atom stereocenters. The summed E-state index contributed by atoms with van der Waals surface area (Å²) in [5.74, 6) is 0.240. The van der Waals surface area contributed by atoms with Crippen LogP contribution in [0.25, 0.3) is 0 Å². The lowest BCUT2D eigenvalue weighted by atomic mass is 9.95. The van der Waals surface area contributed by atoms with E-state index >= 15 is 0 Å². The molecule has 0 unspecified atom stereocenters. The predicted molar refractivity (Wildman–Crippen MR) is 73.8 cm³/mol. The van der Waals surface area contributed by atoms with Gasteiger partial charge in [0.25, 0.3) is 5.91 Å². The zero-order valence-electron chi connectivity index (χ0n) is 11.3. The van der Waals surface area contributed by atoms with E-state index in [9.17, 15) is 9.59 Å². The molecule has 1 fully saturated rings. The van der Waals surface area contributed by atoms with Crippen LogP contribution in [0.2, 0.25) is 0 Å². The van der Waals surface area contributed by atoms with Crippen molar-refractivity contribution in [3.05, 3.63) is 35.9 Å². The molecule has 0 bridgehead atoms. The van der Waals surface area contributed by atoms with Crippen molar-refractivity contribution in [2.24, 2.45) is 5.92 Å². The second-order valence-electron chi connectivity index (χ2n) is 4.83. The first-order chi connectivity index (χ1) is 9.22. The molecule has 1 aromatic rings. The fraction of sp³-hybridized carbons (Fsp3) is 0.467. The molecule has 1 aliphatic rings. The van der Waals surface area contributed by atoms with Crippen LogP contribution in [0.5, 0.6) is 0 Å². The Morgan fingerprint density at radius 1 is 1.21 bits per heavy atom.